The molecule has 96 valence electrons. The highest BCUT2D eigenvalue weighted by Crippen LogP contribution is 2.20. The molecule has 0 saturated carbocycles. The molecule has 0 spiro atoms. The molecular formula is C11H15N5OS. The Bertz CT molecular complexity index is 577. The summed E-state index contributed by atoms with van der Waals surface area (Å²) in [5.41, 5.74) is 0.975. The zero-order valence-corrected chi connectivity index (χ0v) is 11.1. The molecule has 0 radical (unpaired) electrons. The third-order valence-electron chi connectivity index (χ3n) is 2.49. The lowest BCUT2D eigenvalue weighted by Gasteiger charge is -2.04. The molecule has 0 aliphatic rings. The normalized spacial score (nSPS) is 10.6. The average molecular weight is 265 g/mol. The molecule has 2 aromatic rings. The van der Waals surface area contributed by atoms with E-state index in [1.54, 1.807) is 10.8 Å². The van der Waals surface area contributed by atoms with Crippen LogP contribution in [0.25, 0.3) is 0 Å². The molecule has 0 aromatic carbocycles. The van der Waals surface area contributed by atoms with E-state index in [-0.39, 0.29) is 5.69 Å². The lowest BCUT2D eigenvalue weighted by Crippen LogP contribution is -2.16. The Morgan fingerprint density at radius 2 is 2.39 bits per heavy atom. The summed E-state index contributed by atoms with van der Waals surface area (Å²) in [6.45, 7) is 2.54. The van der Waals surface area contributed by atoms with E-state index in [1.807, 2.05) is 26.1 Å². The van der Waals surface area contributed by atoms with Gasteiger partial charge in [-0.3, -0.25) is 4.57 Å². The van der Waals surface area contributed by atoms with Gasteiger partial charge in [0.2, 0.25) is 0 Å². The molecule has 6 nitrogen and oxygen atoms in total. The predicted octanol–water partition coefficient (Wildman–Crippen LogP) is 1.32. The number of anilines is 1. The van der Waals surface area contributed by atoms with Gasteiger partial charge in [0.25, 0.3) is 0 Å². The van der Waals surface area contributed by atoms with Crippen LogP contribution in [0.15, 0.2) is 28.3 Å². The largest absolute Gasteiger partial charge is 0.373 e. The maximum Gasteiger partial charge on any atom is 0.343 e. The Morgan fingerprint density at radius 1 is 1.56 bits per heavy atom. The van der Waals surface area contributed by atoms with Crippen LogP contribution in [-0.4, -0.2) is 26.8 Å². The first-order valence-electron chi connectivity index (χ1n) is 5.65. The van der Waals surface area contributed by atoms with Crippen LogP contribution < -0.4 is 11.0 Å². The maximum absolute atomic E-state index is 11.4. The van der Waals surface area contributed by atoms with E-state index in [0.29, 0.717) is 11.7 Å². The van der Waals surface area contributed by atoms with E-state index in [9.17, 15) is 4.79 Å². The number of rotatable bonds is 5. The van der Waals surface area contributed by atoms with Crippen LogP contribution in [-0.2, 0) is 12.3 Å². The minimum Gasteiger partial charge on any atom is -0.373 e. The number of H-pyrrole nitrogens is 1. The summed E-state index contributed by atoms with van der Waals surface area (Å²) in [6, 6.07) is 3.93. The Hall–Kier alpha value is -1.76. The van der Waals surface area contributed by atoms with Crippen LogP contribution in [0.5, 0.6) is 0 Å². The lowest BCUT2D eigenvalue weighted by atomic mass is 10.3. The van der Waals surface area contributed by atoms with Crippen LogP contribution in [0.4, 0.5) is 5.82 Å². The van der Waals surface area contributed by atoms with Gasteiger partial charge in [0, 0.05) is 25.5 Å². The number of hydrogen-bond donors (Lipinski definition) is 2. The van der Waals surface area contributed by atoms with Gasteiger partial charge in [0.1, 0.15) is 5.82 Å². The van der Waals surface area contributed by atoms with Crippen molar-refractivity contribution in [2.75, 3.05) is 12.4 Å². The highest BCUT2D eigenvalue weighted by molar-refractivity contribution is 7.98. The minimum absolute atomic E-state index is 0.161. The van der Waals surface area contributed by atoms with Crippen LogP contribution in [0.1, 0.15) is 12.5 Å². The Balaban J connectivity index is 2.08. The summed E-state index contributed by atoms with van der Waals surface area (Å²) >= 11 is 1.53. The summed E-state index contributed by atoms with van der Waals surface area (Å²) in [6.07, 6.45) is 1.76. The predicted molar refractivity (Wildman–Crippen MR) is 71.9 cm³/mol. The van der Waals surface area contributed by atoms with Crippen molar-refractivity contribution in [3.05, 3.63) is 34.4 Å². The quantitative estimate of drug-likeness (QED) is 0.797. The third-order valence-corrected chi connectivity index (χ3v) is 3.54. The summed E-state index contributed by atoms with van der Waals surface area (Å²) in [5, 5.41) is 10.2. The molecular weight excluding hydrogens is 250 g/mol. The number of nitrogens with one attached hydrogen (secondary N) is 2. The second-order valence-electron chi connectivity index (χ2n) is 3.64. The second kappa shape index (κ2) is 5.72. The van der Waals surface area contributed by atoms with Crippen LogP contribution in [0.2, 0.25) is 0 Å². The van der Waals surface area contributed by atoms with Gasteiger partial charge in [0.15, 0.2) is 5.16 Å². The number of aromatic amines is 1. The molecule has 2 aromatic heterocycles. The smallest absolute Gasteiger partial charge is 0.343 e. The number of thioether (sulfide) groups is 1. The number of hydrogen-bond acceptors (Lipinski definition) is 5. The molecule has 0 amide bonds. The van der Waals surface area contributed by atoms with Gasteiger partial charge in [-0.2, -0.15) is 0 Å². The zero-order chi connectivity index (χ0) is 13.0. The van der Waals surface area contributed by atoms with E-state index in [1.165, 1.54) is 11.8 Å². The maximum atomic E-state index is 11.4. The van der Waals surface area contributed by atoms with Crippen molar-refractivity contribution in [2.45, 2.75) is 24.4 Å². The summed E-state index contributed by atoms with van der Waals surface area (Å²) < 4.78 is 1.62. The summed E-state index contributed by atoms with van der Waals surface area (Å²) in [5.74, 6) is 1.59. The van der Waals surface area contributed by atoms with Gasteiger partial charge in [-0.05, 0) is 24.6 Å². The lowest BCUT2D eigenvalue weighted by molar-refractivity contribution is 0.660. The van der Waals surface area contributed by atoms with Crippen molar-refractivity contribution in [3.63, 3.8) is 0 Å². The van der Waals surface area contributed by atoms with Crippen molar-refractivity contribution in [2.24, 2.45) is 0 Å². The standard InChI is InChI=1S/C11H15N5OS/c1-3-16-10(17)14-15-11(16)18-7-8-4-5-13-9(6-8)12-2/h4-6H,3,7H2,1-2H3,(H,12,13)(H,14,17). The van der Waals surface area contributed by atoms with Gasteiger partial charge in [-0.1, -0.05) is 11.8 Å². The molecule has 2 rings (SSSR count). The third kappa shape index (κ3) is 2.73. The van der Waals surface area contributed by atoms with Crippen molar-refractivity contribution in [1.29, 1.82) is 0 Å². The molecule has 7 heteroatoms. The van der Waals surface area contributed by atoms with Gasteiger partial charge in [0.05, 0.1) is 0 Å². The van der Waals surface area contributed by atoms with E-state index in [0.717, 1.165) is 17.1 Å². The number of nitrogens with zero attached hydrogens (tertiary/aromatic N) is 3. The van der Waals surface area contributed by atoms with Gasteiger partial charge in [-0.15, -0.1) is 5.10 Å². The summed E-state index contributed by atoms with van der Waals surface area (Å²) in [4.78, 5) is 15.5. The average Bonchev–Trinajstić information content (AvgIpc) is 2.77. The Labute approximate surface area is 109 Å². The van der Waals surface area contributed by atoms with E-state index in [4.69, 9.17) is 0 Å². The Morgan fingerprint density at radius 3 is 3.11 bits per heavy atom. The molecule has 2 heterocycles. The fourth-order valence-electron chi connectivity index (χ4n) is 1.54. The first-order valence-corrected chi connectivity index (χ1v) is 6.64. The molecule has 0 fully saturated rings. The minimum atomic E-state index is -0.161. The van der Waals surface area contributed by atoms with Gasteiger partial charge >= 0.3 is 5.69 Å². The Kier molecular flexibility index (Phi) is 4.03. The number of aromatic nitrogens is 4. The summed E-state index contributed by atoms with van der Waals surface area (Å²) in [7, 11) is 1.84. The fourth-order valence-corrected chi connectivity index (χ4v) is 2.49. The van der Waals surface area contributed by atoms with Crippen molar-refractivity contribution in [3.8, 4) is 0 Å². The van der Waals surface area contributed by atoms with E-state index in [2.05, 4.69) is 20.5 Å². The topological polar surface area (TPSA) is 75.6 Å². The van der Waals surface area contributed by atoms with E-state index < -0.39 is 0 Å². The SMILES string of the molecule is CCn1c(SCc2ccnc(NC)c2)n[nH]c1=O. The van der Waals surface area contributed by atoms with Crippen LogP contribution in [0.3, 0.4) is 0 Å². The fraction of sp³-hybridized carbons (Fsp3) is 0.364. The van der Waals surface area contributed by atoms with Gasteiger partial charge < -0.3 is 5.32 Å². The first kappa shape index (κ1) is 12.7. The first-order chi connectivity index (χ1) is 8.74. The molecule has 18 heavy (non-hydrogen) atoms. The molecule has 0 aliphatic heterocycles. The molecule has 0 saturated heterocycles. The van der Waals surface area contributed by atoms with Crippen LogP contribution >= 0.6 is 11.8 Å². The monoisotopic (exact) mass is 265 g/mol. The second-order valence-corrected chi connectivity index (χ2v) is 4.59. The molecule has 0 aliphatic carbocycles. The highest BCUT2D eigenvalue weighted by Gasteiger charge is 2.07. The molecule has 0 atom stereocenters. The van der Waals surface area contributed by atoms with Crippen molar-refractivity contribution < 1.29 is 0 Å². The number of pyridine rings is 1. The highest BCUT2D eigenvalue weighted by atomic mass is 32.2. The molecule has 0 unspecified atom stereocenters. The zero-order valence-electron chi connectivity index (χ0n) is 10.3. The van der Waals surface area contributed by atoms with Crippen molar-refractivity contribution >= 4 is 17.6 Å². The van der Waals surface area contributed by atoms with Crippen molar-refractivity contribution in [1.82, 2.24) is 19.7 Å². The molecule has 0 bridgehead atoms. The van der Waals surface area contributed by atoms with Gasteiger partial charge in [-0.25, -0.2) is 14.9 Å². The van der Waals surface area contributed by atoms with E-state index >= 15 is 0 Å². The van der Waals surface area contributed by atoms with Crippen LogP contribution in [0, 0.1) is 0 Å². The molecule has 2 N–H and O–H groups in total.